The Labute approximate surface area is 139 Å². The second kappa shape index (κ2) is 5.49. The Balaban J connectivity index is 1.86. The molecular weight excluding hydrogens is 304 g/mol. The van der Waals surface area contributed by atoms with Gasteiger partial charge < -0.3 is 19.4 Å². The fraction of sp³-hybridized carbons (Fsp3) is 0.333. The summed E-state index contributed by atoms with van der Waals surface area (Å²) in [6, 6.07) is 9.29. The van der Waals surface area contributed by atoms with Crippen molar-refractivity contribution >= 4 is 27.7 Å². The van der Waals surface area contributed by atoms with Crippen LogP contribution in [0.4, 0.5) is 0 Å². The van der Waals surface area contributed by atoms with Gasteiger partial charge in [-0.1, -0.05) is 18.2 Å². The molecule has 0 atom stereocenters. The Hall–Kier alpha value is -2.60. The first-order chi connectivity index (χ1) is 11.6. The molecule has 3 aromatic rings. The fourth-order valence-corrected chi connectivity index (χ4v) is 3.48. The van der Waals surface area contributed by atoms with Crippen LogP contribution >= 0.6 is 0 Å². The SMILES string of the molecule is CN1CCN(C(=O)c2cc3[nH]c(=O)c4ccccc4c3n2C)CC1. The van der Waals surface area contributed by atoms with Crippen molar-refractivity contribution in [2.24, 2.45) is 7.05 Å². The molecule has 0 saturated carbocycles. The number of rotatable bonds is 1. The van der Waals surface area contributed by atoms with Crippen LogP contribution in [0.25, 0.3) is 21.8 Å². The highest BCUT2D eigenvalue weighted by Crippen LogP contribution is 2.24. The van der Waals surface area contributed by atoms with Gasteiger partial charge in [0.15, 0.2) is 0 Å². The number of hydrogen-bond acceptors (Lipinski definition) is 3. The maximum Gasteiger partial charge on any atom is 0.270 e. The summed E-state index contributed by atoms with van der Waals surface area (Å²) < 4.78 is 1.90. The topological polar surface area (TPSA) is 61.3 Å². The summed E-state index contributed by atoms with van der Waals surface area (Å²) in [5.41, 5.74) is 2.09. The van der Waals surface area contributed by atoms with Gasteiger partial charge in [0, 0.05) is 44.0 Å². The van der Waals surface area contributed by atoms with Gasteiger partial charge in [-0.05, 0) is 19.2 Å². The maximum atomic E-state index is 12.9. The second-order valence-electron chi connectivity index (χ2n) is 6.45. The highest BCUT2D eigenvalue weighted by atomic mass is 16.2. The van der Waals surface area contributed by atoms with Gasteiger partial charge in [0.05, 0.1) is 11.0 Å². The third kappa shape index (κ3) is 2.22. The lowest BCUT2D eigenvalue weighted by Crippen LogP contribution is -2.47. The molecule has 4 rings (SSSR count). The third-order valence-electron chi connectivity index (χ3n) is 4.92. The number of amides is 1. The normalized spacial score (nSPS) is 16.2. The Kier molecular flexibility index (Phi) is 3.42. The van der Waals surface area contributed by atoms with E-state index in [0.717, 1.165) is 37.1 Å². The van der Waals surface area contributed by atoms with E-state index in [1.54, 1.807) is 6.07 Å². The van der Waals surface area contributed by atoms with Crippen molar-refractivity contribution in [3.8, 4) is 0 Å². The largest absolute Gasteiger partial charge is 0.338 e. The summed E-state index contributed by atoms with van der Waals surface area (Å²) in [4.78, 5) is 32.2. The zero-order chi connectivity index (χ0) is 16.8. The van der Waals surface area contributed by atoms with E-state index >= 15 is 0 Å². The molecule has 1 aromatic carbocycles. The summed E-state index contributed by atoms with van der Waals surface area (Å²) in [7, 11) is 3.95. The van der Waals surface area contributed by atoms with Crippen LogP contribution in [0.15, 0.2) is 35.1 Å². The summed E-state index contributed by atoms with van der Waals surface area (Å²) in [5.74, 6) is 0.0201. The average Bonchev–Trinajstić information content (AvgIpc) is 2.92. The third-order valence-corrected chi connectivity index (χ3v) is 4.92. The van der Waals surface area contributed by atoms with Gasteiger partial charge in [-0.3, -0.25) is 9.59 Å². The van der Waals surface area contributed by atoms with Crippen LogP contribution < -0.4 is 5.56 Å². The molecule has 1 saturated heterocycles. The quantitative estimate of drug-likeness (QED) is 0.736. The smallest absolute Gasteiger partial charge is 0.270 e. The van der Waals surface area contributed by atoms with Crippen LogP contribution in [0.3, 0.4) is 0 Å². The Morgan fingerprint density at radius 1 is 1.04 bits per heavy atom. The molecule has 1 aliphatic rings. The molecule has 0 spiro atoms. The van der Waals surface area contributed by atoms with Crippen LogP contribution in [0.2, 0.25) is 0 Å². The predicted octanol–water partition coefficient (Wildman–Crippen LogP) is 1.41. The minimum Gasteiger partial charge on any atom is -0.338 e. The highest BCUT2D eigenvalue weighted by molar-refractivity contribution is 6.07. The zero-order valence-corrected chi connectivity index (χ0v) is 13.9. The number of nitrogens with zero attached hydrogens (tertiary/aromatic N) is 3. The number of nitrogens with one attached hydrogen (secondary N) is 1. The Morgan fingerprint density at radius 2 is 1.71 bits per heavy atom. The molecule has 1 N–H and O–H groups in total. The van der Waals surface area contributed by atoms with Gasteiger partial charge in [0.1, 0.15) is 5.69 Å². The number of aromatic amines is 1. The molecule has 1 fully saturated rings. The van der Waals surface area contributed by atoms with E-state index in [-0.39, 0.29) is 11.5 Å². The number of H-pyrrole nitrogens is 1. The van der Waals surface area contributed by atoms with Gasteiger partial charge in [-0.25, -0.2) is 0 Å². The van der Waals surface area contributed by atoms with Crippen LogP contribution in [-0.4, -0.2) is 58.5 Å². The van der Waals surface area contributed by atoms with Crippen LogP contribution in [0, 0.1) is 0 Å². The van der Waals surface area contributed by atoms with E-state index in [1.807, 2.05) is 40.8 Å². The molecule has 2 aromatic heterocycles. The minimum absolute atomic E-state index is 0.0201. The van der Waals surface area contributed by atoms with E-state index in [0.29, 0.717) is 16.6 Å². The van der Waals surface area contributed by atoms with E-state index in [9.17, 15) is 9.59 Å². The van der Waals surface area contributed by atoms with E-state index < -0.39 is 0 Å². The van der Waals surface area contributed by atoms with Crippen molar-refractivity contribution in [2.45, 2.75) is 0 Å². The van der Waals surface area contributed by atoms with Gasteiger partial charge >= 0.3 is 0 Å². The number of carbonyl (C=O) groups excluding carboxylic acids is 1. The summed E-state index contributed by atoms with van der Waals surface area (Å²) >= 11 is 0. The van der Waals surface area contributed by atoms with Crippen molar-refractivity contribution in [1.82, 2.24) is 19.4 Å². The summed E-state index contributed by atoms with van der Waals surface area (Å²) in [6.45, 7) is 3.23. The van der Waals surface area contributed by atoms with Gasteiger partial charge in [-0.2, -0.15) is 0 Å². The van der Waals surface area contributed by atoms with Crippen LogP contribution in [0.5, 0.6) is 0 Å². The monoisotopic (exact) mass is 324 g/mol. The lowest BCUT2D eigenvalue weighted by Gasteiger charge is -2.32. The number of benzene rings is 1. The molecular formula is C18H20N4O2. The maximum absolute atomic E-state index is 12.9. The minimum atomic E-state index is -0.123. The number of carbonyl (C=O) groups is 1. The van der Waals surface area contributed by atoms with E-state index in [4.69, 9.17) is 0 Å². The van der Waals surface area contributed by atoms with Gasteiger partial charge in [0.2, 0.25) is 0 Å². The lowest BCUT2D eigenvalue weighted by atomic mass is 10.1. The van der Waals surface area contributed by atoms with Crippen molar-refractivity contribution in [2.75, 3.05) is 33.2 Å². The molecule has 0 aliphatic carbocycles. The first kappa shape index (κ1) is 15.0. The summed E-state index contributed by atoms with van der Waals surface area (Å²) in [6.07, 6.45) is 0. The number of aromatic nitrogens is 2. The second-order valence-corrected chi connectivity index (χ2v) is 6.45. The summed E-state index contributed by atoms with van der Waals surface area (Å²) in [5, 5.41) is 1.51. The molecule has 3 heterocycles. The average molecular weight is 324 g/mol. The number of pyridine rings is 1. The lowest BCUT2D eigenvalue weighted by molar-refractivity contribution is 0.0655. The number of piperazine rings is 1. The standard InChI is InChI=1S/C18H20N4O2/c1-20-7-9-22(10-8-20)18(24)15-11-14-16(21(15)2)12-5-3-4-6-13(12)17(23)19-14/h3-6,11H,7-10H2,1-2H3,(H,19,23). The fourth-order valence-electron chi connectivity index (χ4n) is 3.48. The van der Waals surface area contributed by atoms with E-state index in [2.05, 4.69) is 16.9 Å². The molecule has 0 radical (unpaired) electrons. The molecule has 1 aliphatic heterocycles. The predicted molar refractivity (Wildman–Crippen MR) is 94.4 cm³/mol. The van der Waals surface area contributed by atoms with E-state index in [1.165, 1.54) is 0 Å². The van der Waals surface area contributed by atoms with Crippen LogP contribution in [-0.2, 0) is 7.05 Å². The Morgan fingerprint density at radius 3 is 2.42 bits per heavy atom. The molecule has 0 bridgehead atoms. The number of fused-ring (bicyclic) bond motifs is 3. The van der Waals surface area contributed by atoms with Crippen molar-refractivity contribution in [1.29, 1.82) is 0 Å². The molecule has 0 unspecified atom stereocenters. The molecule has 6 nitrogen and oxygen atoms in total. The first-order valence-corrected chi connectivity index (χ1v) is 8.14. The molecule has 124 valence electrons. The molecule has 24 heavy (non-hydrogen) atoms. The first-order valence-electron chi connectivity index (χ1n) is 8.14. The van der Waals surface area contributed by atoms with Gasteiger partial charge in [-0.15, -0.1) is 0 Å². The molecule has 6 heteroatoms. The van der Waals surface area contributed by atoms with Gasteiger partial charge in [0.25, 0.3) is 11.5 Å². The number of aryl methyl sites for hydroxylation is 1. The van der Waals surface area contributed by atoms with Crippen molar-refractivity contribution in [3.05, 3.63) is 46.4 Å². The Bertz CT molecular complexity index is 993. The highest BCUT2D eigenvalue weighted by Gasteiger charge is 2.24. The number of hydrogen-bond donors (Lipinski definition) is 1. The van der Waals surface area contributed by atoms with Crippen molar-refractivity contribution < 1.29 is 4.79 Å². The molecule has 1 amide bonds. The van der Waals surface area contributed by atoms with Crippen LogP contribution in [0.1, 0.15) is 10.5 Å². The van der Waals surface area contributed by atoms with Crippen molar-refractivity contribution in [3.63, 3.8) is 0 Å². The zero-order valence-electron chi connectivity index (χ0n) is 13.9. The number of likely N-dealkylation sites (N-methyl/N-ethyl adjacent to an activating group) is 1.